The van der Waals surface area contributed by atoms with Gasteiger partial charge < -0.3 is 9.80 Å². The molecule has 0 spiro atoms. The molecule has 2 heterocycles. The van der Waals surface area contributed by atoms with Crippen LogP contribution < -0.4 is 9.62 Å². The van der Waals surface area contributed by atoms with Crippen LogP contribution >= 0.6 is 11.6 Å². The van der Waals surface area contributed by atoms with E-state index in [1.165, 1.54) is 25.2 Å². The third-order valence-electron chi connectivity index (χ3n) is 4.15. The van der Waals surface area contributed by atoms with Crippen molar-refractivity contribution in [2.24, 2.45) is 0 Å². The summed E-state index contributed by atoms with van der Waals surface area (Å²) in [6.45, 7) is 2.11. The Morgan fingerprint density at radius 3 is 2.42 bits per heavy atom. The largest absolute Gasteiger partial charge is 0.337 e. The van der Waals surface area contributed by atoms with Crippen molar-refractivity contribution in [2.45, 2.75) is 4.90 Å². The monoisotopic (exact) mass is 395 g/mol. The summed E-state index contributed by atoms with van der Waals surface area (Å²) in [5, 5.41) is 0.221. The minimum absolute atomic E-state index is 0.00377. The van der Waals surface area contributed by atoms with Gasteiger partial charge in [-0.05, 0) is 31.3 Å². The maximum Gasteiger partial charge on any atom is 0.255 e. The first-order valence-electron chi connectivity index (χ1n) is 7.97. The van der Waals surface area contributed by atoms with Crippen LogP contribution in [-0.4, -0.2) is 62.4 Å². The molecule has 3 rings (SSSR count). The van der Waals surface area contributed by atoms with Crippen LogP contribution in [0.1, 0.15) is 10.4 Å². The van der Waals surface area contributed by atoms with E-state index in [1.54, 1.807) is 23.4 Å². The van der Waals surface area contributed by atoms with Gasteiger partial charge in [-0.15, -0.1) is 0 Å². The van der Waals surface area contributed by atoms with Gasteiger partial charge in [0, 0.05) is 38.6 Å². The Morgan fingerprint density at radius 2 is 1.81 bits per heavy atom. The number of nitrogens with zero attached hydrogens (tertiary/aromatic N) is 4. The first-order chi connectivity index (χ1) is 12.4. The highest BCUT2D eigenvalue weighted by atomic mass is 35.5. The number of hydrogen-bond acceptors (Lipinski definition) is 6. The fourth-order valence-corrected chi connectivity index (χ4v) is 3.64. The highest BCUT2D eigenvalue weighted by Gasteiger charge is 2.26. The zero-order chi connectivity index (χ0) is 18.7. The zero-order valence-corrected chi connectivity index (χ0v) is 15.7. The molecule has 1 N–H and O–H groups in total. The van der Waals surface area contributed by atoms with Crippen LogP contribution in [0.15, 0.2) is 41.6 Å². The number of sulfonamides is 1. The van der Waals surface area contributed by atoms with Crippen molar-refractivity contribution in [3.63, 3.8) is 0 Å². The molecule has 1 amide bonds. The molecule has 26 heavy (non-hydrogen) atoms. The second-order valence-electron chi connectivity index (χ2n) is 5.68. The molecule has 1 saturated heterocycles. The molecule has 1 aliphatic rings. The summed E-state index contributed by atoms with van der Waals surface area (Å²) in [6.07, 6.45) is 3.35. The molecule has 0 radical (unpaired) electrons. The maximum atomic E-state index is 12.8. The number of rotatable bonds is 4. The lowest BCUT2D eigenvalue weighted by Crippen LogP contribution is -2.49. The molecule has 2 aromatic rings. The number of nitrogens with one attached hydrogen (secondary N) is 1. The third-order valence-corrected chi connectivity index (χ3v) is 5.89. The van der Waals surface area contributed by atoms with Crippen LogP contribution in [0.4, 0.5) is 5.95 Å². The van der Waals surface area contributed by atoms with E-state index in [0.717, 1.165) is 0 Å². The lowest BCUT2D eigenvalue weighted by Gasteiger charge is -2.34. The smallest absolute Gasteiger partial charge is 0.255 e. The second kappa shape index (κ2) is 7.56. The van der Waals surface area contributed by atoms with Gasteiger partial charge in [0.15, 0.2) is 0 Å². The predicted octanol–water partition coefficient (Wildman–Crippen LogP) is 1.00. The fraction of sp³-hybridized carbons (Fsp3) is 0.312. The average molecular weight is 396 g/mol. The van der Waals surface area contributed by atoms with Crippen molar-refractivity contribution in [1.29, 1.82) is 0 Å². The number of benzene rings is 1. The van der Waals surface area contributed by atoms with E-state index in [0.29, 0.717) is 32.1 Å². The fourth-order valence-electron chi connectivity index (χ4n) is 2.69. The van der Waals surface area contributed by atoms with Gasteiger partial charge >= 0.3 is 0 Å². The molecule has 1 aromatic carbocycles. The number of carbonyl (C=O) groups is 1. The van der Waals surface area contributed by atoms with Crippen LogP contribution in [0, 0.1) is 0 Å². The Morgan fingerprint density at radius 1 is 1.15 bits per heavy atom. The van der Waals surface area contributed by atoms with Crippen molar-refractivity contribution >= 4 is 33.5 Å². The van der Waals surface area contributed by atoms with Crippen molar-refractivity contribution in [3.8, 4) is 0 Å². The summed E-state index contributed by atoms with van der Waals surface area (Å²) in [6, 6.07) is 5.85. The number of anilines is 1. The zero-order valence-electron chi connectivity index (χ0n) is 14.1. The molecular weight excluding hydrogens is 378 g/mol. The molecule has 1 fully saturated rings. The molecule has 138 valence electrons. The van der Waals surface area contributed by atoms with Crippen LogP contribution in [-0.2, 0) is 10.0 Å². The Hall–Kier alpha value is -2.23. The van der Waals surface area contributed by atoms with Crippen LogP contribution in [0.2, 0.25) is 5.02 Å². The van der Waals surface area contributed by atoms with Crippen LogP contribution in [0.5, 0.6) is 0 Å². The SMILES string of the molecule is CNS(=O)(=O)c1ccc(Cl)c(C(=O)N2CCN(c3ncccn3)CC2)c1. The molecule has 0 bridgehead atoms. The third kappa shape index (κ3) is 3.79. The van der Waals surface area contributed by atoms with E-state index in [-0.39, 0.29) is 21.4 Å². The maximum absolute atomic E-state index is 12.8. The Balaban J connectivity index is 1.76. The van der Waals surface area contributed by atoms with Gasteiger partial charge in [0.2, 0.25) is 16.0 Å². The first-order valence-corrected chi connectivity index (χ1v) is 9.83. The van der Waals surface area contributed by atoms with Crippen molar-refractivity contribution < 1.29 is 13.2 Å². The van der Waals surface area contributed by atoms with Gasteiger partial charge in [0.05, 0.1) is 15.5 Å². The number of halogens is 1. The number of hydrogen-bond donors (Lipinski definition) is 1. The standard InChI is InChI=1S/C16H18ClN5O3S/c1-18-26(24,25)12-3-4-14(17)13(11-12)15(23)21-7-9-22(10-8-21)16-19-5-2-6-20-16/h2-6,11,18H,7-10H2,1H3. The molecule has 1 aromatic heterocycles. The van der Waals surface area contributed by atoms with Gasteiger partial charge in [-0.2, -0.15) is 0 Å². The Kier molecular flexibility index (Phi) is 5.40. The Labute approximate surface area is 156 Å². The lowest BCUT2D eigenvalue weighted by atomic mass is 10.2. The highest BCUT2D eigenvalue weighted by Crippen LogP contribution is 2.23. The topological polar surface area (TPSA) is 95.5 Å². The van der Waals surface area contributed by atoms with Gasteiger partial charge in [-0.3, -0.25) is 4.79 Å². The predicted molar refractivity (Wildman–Crippen MR) is 97.8 cm³/mol. The Bertz CT molecular complexity index is 899. The minimum Gasteiger partial charge on any atom is -0.337 e. The molecule has 0 atom stereocenters. The van der Waals surface area contributed by atoms with E-state index in [4.69, 9.17) is 11.6 Å². The summed E-state index contributed by atoms with van der Waals surface area (Å²) in [5.41, 5.74) is 0.174. The number of piperazine rings is 1. The van der Waals surface area contributed by atoms with E-state index >= 15 is 0 Å². The molecule has 0 aliphatic carbocycles. The van der Waals surface area contributed by atoms with Crippen LogP contribution in [0.3, 0.4) is 0 Å². The quantitative estimate of drug-likeness (QED) is 0.829. The molecule has 0 unspecified atom stereocenters. The normalized spacial score (nSPS) is 15.2. The molecule has 10 heteroatoms. The molecule has 1 aliphatic heterocycles. The average Bonchev–Trinajstić information content (AvgIpc) is 2.68. The summed E-state index contributed by atoms with van der Waals surface area (Å²) in [4.78, 5) is 24.9. The summed E-state index contributed by atoms with van der Waals surface area (Å²) < 4.78 is 26.2. The van der Waals surface area contributed by atoms with Gasteiger partial charge in [0.1, 0.15) is 0 Å². The van der Waals surface area contributed by atoms with Gasteiger partial charge in [0.25, 0.3) is 5.91 Å². The minimum atomic E-state index is -3.65. The number of aromatic nitrogens is 2. The van der Waals surface area contributed by atoms with Crippen molar-refractivity contribution in [2.75, 3.05) is 38.1 Å². The second-order valence-corrected chi connectivity index (χ2v) is 7.97. The lowest BCUT2D eigenvalue weighted by molar-refractivity contribution is 0.0746. The number of amides is 1. The summed E-state index contributed by atoms with van der Waals surface area (Å²) >= 11 is 6.13. The summed E-state index contributed by atoms with van der Waals surface area (Å²) in [7, 11) is -2.33. The van der Waals surface area contributed by atoms with Crippen molar-refractivity contribution in [3.05, 3.63) is 47.2 Å². The van der Waals surface area contributed by atoms with Gasteiger partial charge in [-0.1, -0.05) is 11.6 Å². The van der Waals surface area contributed by atoms with Crippen LogP contribution in [0.25, 0.3) is 0 Å². The summed E-state index contributed by atoms with van der Waals surface area (Å²) in [5.74, 6) is 0.330. The number of carbonyl (C=O) groups excluding carboxylic acids is 1. The molecule has 0 saturated carbocycles. The van der Waals surface area contributed by atoms with Gasteiger partial charge in [-0.25, -0.2) is 23.1 Å². The highest BCUT2D eigenvalue weighted by molar-refractivity contribution is 7.89. The molecular formula is C16H18ClN5O3S. The van der Waals surface area contributed by atoms with Crippen molar-refractivity contribution in [1.82, 2.24) is 19.6 Å². The first kappa shape index (κ1) is 18.6. The molecule has 8 nitrogen and oxygen atoms in total. The van der Waals surface area contributed by atoms with E-state index in [2.05, 4.69) is 14.7 Å². The van der Waals surface area contributed by atoms with E-state index in [9.17, 15) is 13.2 Å². The van der Waals surface area contributed by atoms with E-state index in [1.807, 2.05) is 4.90 Å². The van der Waals surface area contributed by atoms with E-state index < -0.39 is 10.0 Å².